The highest BCUT2D eigenvalue weighted by atomic mass is 32.2. The normalized spacial score (nSPS) is 12.6. The number of esters is 2. The molecule has 7 heteroatoms. The molecule has 0 heterocycles. The lowest BCUT2D eigenvalue weighted by atomic mass is 10.0. The molecule has 0 aliphatic rings. The molecule has 278 valence electrons. The maximum absolute atomic E-state index is 12.6. The van der Waals surface area contributed by atoms with E-state index in [-0.39, 0.29) is 24.6 Å². The number of ether oxygens (including phenoxy) is 2. The van der Waals surface area contributed by atoms with E-state index in [1.165, 1.54) is 147 Å². The average molecular weight is 685 g/mol. The van der Waals surface area contributed by atoms with Gasteiger partial charge < -0.3 is 14.6 Å². The number of thioether (sulfide) groups is 1. The summed E-state index contributed by atoms with van der Waals surface area (Å²) in [6.07, 6.45) is 33.8. The Balaban J connectivity index is 4.04. The van der Waals surface area contributed by atoms with Gasteiger partial charge in [0.25, 0.3) is 0 Å². The number of carboxylic acids is 1. The van der Waals surface area contributed by atoms with Gasteiger partial charge in [-0.3, -0.25) is 14.4 Å². The van der Waals surface area contributed by atoms with Gasteiger partial charge in [0.15, 0.2) is 0 Å². The first-order valence-electron chi connectivity index (χ1n) is 20.1. The van der Waals surface area contributed by atoms with Crippen LogP contribution in [0.2, 0.25) is 0 Å². The molecular weight excluding hydrogens is 609 g/mol. The largest absolute Gasteiger partial charge is 0.481 e. The average Bonchev–Trinajstić information content (AvgIpc) is 3.05. The molecule has 0 radical (unpaired) electrons. The number of aliphatic carboxylic acids is 1. The van der Waals surface area contributed by atoms with Crippen LogP contribution in [0.5, 0.6) is 0 Å². The van der Waals surface area contributed by atoms with Crippen LogP contribution in [0.3, 0.4) is 0 Å². The lowest BCUT2D eigenvalue weighted by Gasteiger charge is -2.18. The minimum Gasteiger partial charge on any atom is -0.481 e. The summed E-state index contributed by atoms with van der Waals surface area (Å²) < 4.78 is 11.2. The maximum Gasteiger partial charge on any atom is 0.307 e. The van der Waals surface area contributed by atoms with Gasteiger partial charge in [-0.05, 0) is 12.8 Å². The van der Waals surface area contributed by atoms with Crippen molar-refractivity contribution < 1.29 is 29.0 Å². The van der Waals surface area contributed by atoms with E-state index in [9.17, 15) is 19.5 Å². The number of carboxylic acid groups (broad SMARTS) is 1. The van der Waals surface area contributed by atoms with Crippen LogP contribution >= 0.6 is 11.8 Å². The van der Waals surface area contributed by atoms with Gasteiger partial charge in [0.2, 0.25) is 0 Å². The zero-order valence-electron chi connectivity index (χ0n) is 31.2. The van der Waals surface area contributed by atoms with Crippen LogP contribution in [0.15, 0.2) is 0 Å². The molecule has 6 nitrogen and oxygen atoms in total. The third kappa shape index (κ3) is 34.4. The zero-order chi connectivity index (χ0) is 34.6. The van der Waals surface area contributed by atoms with Crippen molar-refractivity contribution in [2.24, 2.45) is 5.92 Å². The molecule has 0 amide bonds. The van der Waals surface area contributed by atoms with E-state index >= 15 is 0 Å². The Bertz CT molecular complexity index is 715. The van der Waals surface area contributed by atoms with E-state index in [4.69, 9.17) is 9.47 Å². The molecule has 0 fully saturated rings. The second-order valence-corrected chi connectivity index (χ2v) is 15.0. The summed E-state index contributed by atoms with van der Waals surface area (Å²) in [7, 11) is 0. The van der Waals surface area contributed by atoms with Crippen LogP contribution in [0.4, 0.5) is 0 Å². The third-order valence-electron chi connectivity index (χ3n) is 9.06. The highest BCUT2D eigenvalue weighted by Gasteiger charge is 2.18. The van der Waals surface area contributed by atoms with E-state index in [1.54, 1.807) is 6.92 Å². The summed E-state index contributed by atoms with van der Waals surface area (Å²) in [6, 6.07) is 0. The SMILES string of the molecule is CCCCCCCCCCCCCCCC(=O)OCCC(CSC[C@H](C)C(=O)O)OC(=O)CCCCCCCCCCCCCCC. The Morgan fingerprint density at radius 1 is 0.532 bits per heavy atom. The molecule has 0 aromatic heterocycles. The Morgan fingerprint density at radius 2 is 0.894 bits per heavy atom. The summed E-state index contributed by atoms with van der Waals surface area (Å²) in [5.41, 5.74) is 0. The second-order valence-electron chi connectivity index (χ2n) is 13.9. The highest BCUT2D eigenvalue weighted by Crippen LogP contribution is 2.17. The molecule has 2 atom stereocenters. The van der Waals surface area contributed by atoms with Gasteiger partial charge in [-0.15, -0.1) is 0 Å². The molecule has 0 bridgehead atoms. The van der Waals surface area contributed by atoms with Crippen LogP contribution in [-0.2, 0) is 23.9 Å². The summed E-state index contributed by atoms with van der Waals surface area (Å²) in [4.78, 5) is 36.0. The molecule has 0 spiro atoms. The van der Waals surface area contributed by atoms with E-state index in [0.717, 1.165) is 32.1 Å². The van der Waals surface area contributed by atoms with Gasteiger partial charge in [-0.25, -0.2) is 0 Å². The molecule has 47 heavy (non-hydrogen) atoms. The quantitative estimate of drug-likeness (QED) is 0.0514. The Morgan fingerprint density at radius 3 is 1.28 bits per heavy atom. The lowest BCUT2D eigenvalue weighted by molar-refractivity contribution is -0.150. The van der Waals surface area contributed by atoms with Crippen molar-refractivity contribution >= 4 is 29.7 Å². The fourth-order valence-electron chi connectivity index (χ4n) is 5.82. The van der Waals surface area contributed by atoms with Crippen molar-refractivity contribution in [2.75, 3.05) is 18.1 Å². The highest BCUT2D eigenvalue weighted by molar-refractivity contribution is 7.99. The number of carbonyl (C=O) groups excluding carboxylic acids is 2. The van der Waals surface area contributed by atoms with E-state index in [1.807, 2.05) is 0 Å². The molecule has 0 aromatic carbocycles. The van der Waals surface area contributed by atoms with E-state index < -0.39 is 11.9 Å². The summed E-state index contributed by atoms with van der Waals surface area (Å²) in [5, 5.41) is 9.18. The lowest BCUT2D eigenvalue weighted by Crippen LogP contribution is -2.24. The van der Waals surface area contributed by atoms with Gasteiger partial charge >= 0.3 is 17.9 Å². The fourth-order valence-corrected chi connectivity index (χ4v) is 6.95. The first-order chi connectivity index (χ1) is 22.9. The molecule has 1 unspecified atom stereocenters. The monoisotopic (exact) mass is 685 g/mol. The fraction of sp³-hybridized carbons (Fsp3) is 0.925. The number of hydrogen-bond acceptors (Lipinski definition) is 6. The van der Waals surface area contributed by atoms with Crippen LogP contribution < -0.4 is 0 Å². The number of rotatable bonds is 37. The van der Waals surface area contributed by atoms with Crippen molar-refractivity contribution in [1.29, 1.82) is 0 Å². The van der Waals surface area contributed by atoms with Gasteiger partial charge in [0.1, 0.15) is 6.10 Å². The Labute approximate surface area is 295 Å². The van der Waals surface area contributed by atoms with Crippen molar-refractivity contribution in [3.8, 4) is 0 Å². The smallest absolute Gasteiger partial charge is 0.307 e. The molecule has 0 aliphatic carbocycles. The summed E-state index contributed by atoms with van der Waals surface area (Å²) in [5.74, 6) is -0.698. The van der Waals surface area contributed by atoms with Crippen LogP contribution in [-0.4, -0.2) is 47.2 Å². The van der Waals surface area contributed by atoms with Gasteiger partial charge in [0.05, 0.1) is 12.5 Å². The summed E-state index contributed by atoms with van der Waals surface area (Å²) >= 11 is 1.48. The molecule has 0 saturated carbocycles. The van der Waals surface area contributed by atoms with Gasteiger partial charge in [-0.2, -0.15) is 11.8 Å². The first-order valence-corrected chi connectivity index (χ1v) is 21.2. The second kappa shape index (κ2) is 36.1. The number of carbonyl (C=O) groups is 3. The topological polar surface area (TPSA) is 89.9 Å². The minimum atomic E-state index is -0.824. The predicted octanol–water partition coefficient (Wildman–Crippen LogP) is 12.2. The van der Waals surface area contributed by atoms with Crippen molar-refractivity contribution in [1.82, 2.24) is 0 Å². The van der Waals surface area contributed by atoms with Crippen molar-refractivity contribution in [3.05, 3.63) is 0 Å². The first kappa shape index (κ1) is 45.8. The Hall–Kier alpha value is -1.24. The molecule has 0 rings (SSSR count). The zero-order valence-corrected chi connectivity index (χ0v) is 32.0. The molecule has 0 aliphatic heterocycles. The van der Waals surface area contributed by atoms with Crippen molar-refractivity contribution in [3.63, 3.8) is 0 Å². The third-order valence-corrected chi connectivity index (χ3v) is 10.4. The van der Waals surface area contributed by atoms with Crippen molar-refractivity contribution in [2.45, 2.75) is 213 Å². The molecule has 1 N–H and O–H groups in total. The molecule has 0 saturated heterocycles. The van der Waals surface area contributed by atoms with Gasteiger partial charge in [0, 0.05) is 30.8 Å². The van der Waals surface area contributed by atoms with E-state index in [0.29, 0.717) is 30.8 Å². The van der Waals surface area contributed by atoms with Crippen LogP contribution in [0.1, 0.15) is 207 Å². The summed E-state index contributed by atoms with van der Waals surface area (Å²) in [6.45, 7) is 6.43. The van der Waals surface area contributed by atoms with E-state index in [2.05, 4.69) is 13.8 Å². The van der Waals surface area contributed by atoms with Crippen LogP contribution in [0, 0.1) is 5.92 Å². The standard InChI is InChI=1S/C40H76O6S/c1-4-6-8-10-12-14-16-18-20-22-24-26-28-30-38(41)45-33-32-37(35-47-34-36(3)40(43)44)46-39(42)31-29-27-25-23-21-19-17-15-13-11-9-7-5-2/h36-37H,4-35H2,1-3H3,(H,43,44)/t36-,37?/m0/s1. The number of unbranched alkanes of at least 4 members (excludes halogenated alkanes) is 24. The minimum absolute atomic E-state index is 0.183. The number of hydrogen-bond donors (Lipinski definition) is 1. The predicted molar refractivity (Wildman–Crippen MR) is 200 cm³/mol. The molecular formula is C40H76O6S. The maximum atomic E-state index is 12.6. The van der Waals surface area contributed by atoms with Crippen LogP contribution in [0.25, 0.3) is 0 Å². The Kier molecular flexibility index (Phi) is 35.1. The molecule has 0 aromatic rings. The van der Waals surface area contributed by atoms with Gasteiger partial charge in [-0.1, -0.05) is 175 Å².